The lowest BCUT2D eigenvalue weighted by Gasteiger charge is -2.26. The van der Waals surface area contributed by atoms with Crippen LogP contribution in [0, 0.1) is 0 Å². The average molecular weight is 391 g/mol. The van der Waals surface area contributed by atoms with Gasteiger partial charge in [-0.3, -0.25) is 4.79 Å². The van der Waals surface area contributed by atoms with Crippen molar-refractivity contribution in [2.24, 2.45) is 0 Å². The number of morpholine rings is 1. The number of anilines is 2. The fourth-order valence-electron chi connectivity index (χ4n) is 2.78. The van der Waals surface area contributed by atoms with Crippen molar-refractivity contribution in [2.45, 2.75) is 4.90 Å². The molecule has 0 aliphatic carbocycles. The molecular weight excluding hydrogens is 370 g/mol. The van der Waals surface area contributed by atoms with E-state index in [-0.39, 0.29) is 23.7 Å². The summed E-state index contributed by atoms with van der Waals surface area (Å²) < 4.78 is 37.7. The highest BCUT2D eigenvalue weighted by Crippen LogP contribution is 2.30. The van der Waals surface area contributed by atoms with E-state index in [2.05, 4.69) is 5.32 Å². The van der Waals surface area contributed by atoms with Crippen LogP contribution in [0.5, 0.6) is 5.75 Å². The van der Waals surface area contributed by atoms with Crippen LogP contribution in [0.15, 0.2) is 47.4 Å². The molecule has 0 bridgehead atoms. The highest BCUT2D eigenvalue weighted by Gasteiger charge is 2.29. The first-order valence-corrected chi connectivity index (χ1v) is 9.79. The van der Waals surface area contributed by atoms with E-state index in [9.17, 15) is 13.2 Å². The van der Waals surface area contributed by atoms with Gasteiger partial charge in [0.2, 0.25) is 10.0 Å². The Morgan fingerprint density at radius 2 is 1.89 bits per heavy atom. The minimum absolute atomic E-state index is 0.00858. The van der Waals surface area contributed by atoms with Gasteiger partial charge in [0.15, 0.2) is 0 Å². The summed E-state index contributed by atoms with van der Waals surface area (Å²) in [6, 6.07) is 11.1. The molecule has 0 saturated carbocycles. The normalized spacial score (nSPS) is 15.3. The number of para-hydroxylation sites is 1. The number of hydrogen-bond acceptors (Lipinski definition) is 6. The van der Waals surface area contributed by atoms with Gasteiger partial charge in [-0.1, -0.05) is 12.1 Å². The zero-order valence-corrected chi connectivity index (χ0v) is 15.7. The summed E-state index contributed by atoms with van der Waals surface area (Å²) in [7, 11) is -2.38. The summed E-state index contributed by atoms with van der Waals surface area (Å²) in [4.78, 5) is 12.4. The smallest absolute Gasteiger partial charge is 0.257 e. The number of nitrogen functional groups attached to an aromatic ring is 1. The molecule has 3 N–H and O–H groups in total. The standard InChI is InChI=1S/C18H21N3O5S/c1-25-16-7-6-13(20-18(22)14-4-2-3-5-15(14)19)12-17(16)27(23,24)21-8-10-26-11-9-21/h2-7,12H,8-11,19H2,1H3,(H,20,22). The molecule has 9 heteroatoms. The number of benzene rings is 2. The fraction of sp³-hybridized carbons (Fsp3) is 0.278. The minimum atomic E-state index is -3.78. The molecule has 1 amide bonds. The Labute approximate surface area is 157 Å². The summed E-state index contributed by atoms with van der Waals surface area (Å²) in [5.74, 6) is -0.216. The molecule has 2 aromatic carbocycles. The second-order valence-electron chi connectivity index (χ2n) is 5.92. The van der Waals surface area contributed by atoms with Crippen LogP contribution >= 0.6 is 0 Å². The molecule has 0 aromatic heterocycles. The molecule has 3 rings (SSSR count). The lowest BCUT2D eigenvalue weighted by Crippen LogP contribution is -2.40. The number of rotatable bonds is 5. The molecule has 0 atom stereocenters. The Morgan fingerprint density at radius 1 is 1.19 bits per heavy atom. The number of amides is 1. The third kappa shape index (κ3) is 4.05. The van der Waals surface area contributed by atoms with Crippen molar-refractivity contribution in [3.63, 3.8) is 0 Å². The molecule has 1 aliphatic rings. The van der Waals surface area contributed by atoms with E-state index in [0.29, 0.717) is 30.2 Å². The number of hydrogen-bond donors (Lipinski definition) is 2. The molecule has 1 saturated heterocycles. The molecular formula is C18H21N3O5S. The van der Waals surface area contributed by atoms with Gasteiger partial charge in [0.1, 0.15) is 10.6 Å². The first-order chi connectivity index (χ1) is 12.9. The monoisotopic (exact) mass is 391 g/mol. The van der Waals surface area contributed by atoms with Gasteiger partial charge in [0.25, 0.3) is 5.91 Å². The maximum Gasteiger partial charge on any atom is 0.257 e. The second-order valence-corrected chi connectivity index (χ2v) is 7.83. The van der Waals surface area contributed by atoms with Crippen molar-refractivity contribution in [3.8, 4) is 5.75 Å². The zero-order chi connectivity index (χ0) is 19.4. The summed E-state index contributed by atoms with van der Waals surface area (Å²) in [5.41, 5.74) is 6.80. The van der Waals surface area contributed by atoms with E-state index in [1.54, 1.807) is 30.3 Å². The SMILES string of the molecule is COc1ccc(NC(=O)c2ccccc2N)cc1S(=O)(=O)N1CCOCC1. The maximum absolute atomic E-state index is 13.0. The molecule has 0 unspecified atom stereocenters. The topological polar surface area (TPSA) is 111 Å². The van der Waals surface area contributed by atoms with Crippen molar-refractivity contribution in [2.75, 3.05) is 44.5 Å². The first-order valence-electron chi connectivity index (χ1n) is 8.35. The number of carbonyl (C=O) groups is 1. The van der Waals surface area contributed by atoms with Crippen LogP contribution in [0.4, 0.5) is 11.4 Å². The number of sulfonamides is 1. The number of nitrogens with two attached hydrogens (primary N) is 1. The van der Waals surface area contributed by atoms with Gasteiger partial charge in [-0.2, -0.15) is 4.31 Å². The van der Waals surface area contributed by atoms with Crippen molar-refractivity contribution < 1.29 is 22.7 Å². The molecule has 1 aliphatic heterocycles. The molecule has 0 spiro atoms. The van der Waals surface area contributed by atoms with Gasteiger partial charge >= 0.3 is 0 Å². The number of nitrogens with zero attached hydrogens (tertiary/aromatic N) is 1. The number of carbonyl (C=O) groups excluding carboxylic acids is 1. The third-order valence-corrected chi connectivity index (χ3v) is 6.13. The van der Waals surface area contributed by atoms with E-state index in [1.165, 1.54) is 23.5 Å². The quantitative estimate of drug-likeness (QED) is 0.748. The van der Waals surface area contributed by atoms with Crippen LogP contribution < -0.4 is 15.8 Å². The van der Waals surface area contributed by atoms with Gasteiger partial charge in [0.05, 0.1) is 25.9 Å². The van der Waals surface area contributed by atoms with E-state index in [4.69, 9.17) is 15.2 Å². The Balaban J connectivity index is 1.92. The Hall–Kier alpha value is -2.62. The number of methoxy groups -OCH3 is 1. The zero-order valence-electron chi connectivity index (χ0n) is 14.8. The summed E-state index contributed by atoms with van der Waals surface area (Å²) >= 11 is 0. The van der Waals surface area contributed by atoms with Crippen molar-refractivity contribution in [1.29, 1.82) is 0 Å². The summed E-state index contributed by atoms with van der Waals surface area (Å²) in [6.07, 6.45) is 0. The second kappa shape index (κ2) is 7.95. The molecule has 2 aromatic rings. The van der Waals surface area contributed by atoms with E-state index < -0.39 is 15.9 Å². The maximum atomic E-state index is 13.0. The van der Waals surface area contributed by atoms with Crippen LogP contribution in [-0.4, -0.2) is 52.0 Å². The van der Waals surface area contributed by atoms with Crippen molar-refractivity contribution in [1.82, 2.24) is 4.31 Å². The van der Waals surface area contributed by atoms with E-state index >= 15 is 0 Å². The van der Waals surface area contributed by atoms with Gasteiger partial charge < -0.3 is 20.5 Å². The summed E-state index contributed by atoms with van der Waals surface area (Å²) in [5, 5.41) is 2.68. The molecule has 8 nitrogen and oxygen atoms in total. The average Bonchev–Trinajstić information content (AvgIpc) is 2.69. The lowest BCUT2D eigenvalue weighted by atomic mass is 10.1. The lowest BCUT2D eigenvalue weighted by molar-refractivity contribution is 0.0729. The Morgan fingerprint density at radius 3 is 2.56 bits per heavy atom. The van der Waals surface area contributed by atoms with E-state index in [0.717, 1.165) is 0 Å². The number of nitrogens with one attached hydrogen (secondary N) is 1. The van der Waals surface area contributed by atoms with Gasteiger partial charge in [-0.15, -0.1) is 0 Å². The van der Waals surface area contributed by atoms with Crippen LogP contribution in [0.2, 0.25) is 0 Å². The molecule has 144 valence electrons. The fourth-order valence-corrected chi connectivity index (χ4v) is 4.37. The van der Waals surface area contributed by atoms with Gasteiger partial charge in [0, 0.05) is 24.5 Å². The predicted molar refractivity (Wildman–Crippen MR) is 101 cm³/mol. The highest BCUT2D eigenvalue weighted by atomic mass is 32.2. The van der Waals surface area contributed by atoms with Gasteiger partial charge in [-0.25, -0.2) is 8.42 Å². The van der Waals surface area contributed by atoms with Gasteiger partial charge in [-0.05, 0) is 30.3 Å². The van der Waals surface area contributed by atoms with Crippen LogP contribution in [0.3, 0.4) is 0 Å². The summed E-state index contributed by atoms with van der Waals surface area (Å²) in [6.45, 7) is 1.21. The van der Waals surface area contributed by atoms with Crippen LogP contribution in [0.1, 0.15) is 10.4 Å². The minimum Gasteiger partial charge on any atom is -0.495 e. The Kier molecular flexibility index (Phi) is 5.64. The molecule has 1 fully saturated rings. The largest absolute Gasteiger partial charge is 0.495 e. The molecule has 0 radical (unpaired) electrons. The van der Waals surface area contributed by atoms with Crippen molar-refractivity contribution >= 4 is 27.3 Å². The predicted octanol–water partition coefficient (Wildman–Crippen LogP) is 1.55. The molecule has 1 heterocycles. The number of ether oxygens (including phenoxy) is 2. The van der Waals surface area contributed by atoms with E-state index in [1.807, 2.05) is 0 Å². The molecule has 27 heavy (non-hydrogen) atoms. The van der Waals surface area contributed by atoms with Crippen molar-refractivity contribution in [3.05, 3.63) is 48.0 Å². The first kappa shape index (κ1) is 19.2. The van der Waals surface area contributed by atoms with Crippen LogP contribution in [0.25, 0.3) is 0 Å². The highest BCUT2D eigenvalue weighted by molar-refractivity contribution is 7.89. The Bertz CT molecular complexity index is 940. The van der Waals surface area contributed by atoms with Crippen LogP contribution in [-0.2, 0) is 14.8 Å². The third-order valence-electron chi connectivity index (χ3n) is 4.21.